The molecule has 5 heteroatoms. The van der Waals surface area contributed by atoms with Crippen LogP contribution in [-0.2, 0) is 15.6 Å². The molecule has 1 aromatic heterocycles. The fraction of sp³-hybridized carbons (Fsp3) is 0.529. The second-order valence-corrected chi connectivity index (χ2v) is 6.88. The summed E-state index contributed by atoms with van der Waals surface area (Å²) in [5.74, 6) is 0.982. The Kier molecular flexibility index (Phi) is 3.77. The van der Waals surface area contributed by atoms with Gasteiger partial charge < -0.3 is 9.26 Å². The van der Waals surface area contributed by atoms with Crippen LogP contribution in [0, 0.1) is 5.82 Å². The number of halogens is 1. The third kappa shape index (κ3) is 2.65. The normalized spacial score (nSPS) is 18.4. The van der Waals surface area contributed by atoms with Crippen molar-refractivity contribution in [3.05, 3.63) is 47.4 Å². The molecule has 0 radical (unpaired) electrons. The monoisotopic (exact) mass is 304 g/mol. The van der Waals surface area contributed by atoms with E-state index in [1.54, 1.807) is 12.1 Å². The maximum atomic E-state index is 13.7. The fourth-order valence-corrected chi connectivity index (χ4v) is 2.85. The first kappa shape index (κ1) is 15.2. The molecule has 3 rings (SSSR count). The number of rotatable bonds is 2. The van der Waals surface area contributed by atoms with Crippen LogP contribution in [-0.4, -0.2) is 23.4 Å². The molecule has 2 heterocycles. The van der Waals surface area contributed by atoms with E-state index in [0.29, 0.717) is 37.8 Å². The highest BCUT2D eigenvalue weighted by molar-refractivity contribution is 5.33. The second kappa shape index (κ2) is 5.47. The highest BCUT2D eigenvalue weighted by Crippen LogP contribution is 2.41. The minimum Gasteiger partial charge on any atom is -0.381 e. The molecule has 2 aromatic rings. The van der Waals surface area contributed by atoms with Crippen LogP contribution in [0.25, 0.3) is 0 Å². The zero-order valence-electron chi connectivity index (χ0n) is 13.2. The van der Waals surface area contributed by atoms with Crippen LogP contribution in [0.15, 0.2) is 28.8 Å². The largest absolute Gasteiger partial charge is 0.381 e. The highest BCUT2D eigenvalue weighted by Gasteiger charge is 2.42. The molecule has 1 saturated heterocycles. The van der Waals surface area contributed by atoms with Gasteiger partial charge in [-0.1, -0.05) is 38.1 Å². The van der Waals surface area contributed by atoms with Crippen molar-refractivity contribution in [1.82, 2.24) is 10.1 Å². The third-order valence-electron chi connectivity index (χ3n) is 4.23. The molecule has 22 heavy (non-hydrogen) atoms. The topological polar surface area (TPSA) is 48.2 Å². The molecular weight excluding hydrogens is 283 g/mol. The molecule has 0 atom stereocenters. The number of hydrogen-bond acceptors (Lipinski definition) is 4. The van der Waals surface area contributed by atoms with Crippen LogP contribution in [0.4, 0.5) is 4.39 Å². The fourth-order valence-electron chi connectivity index (χ4n) is 2.85. The molecule has 1 aliphatic rings. The summed E-state index contributed by atoms with van der Waals surface area (Å²) in [5.41, 5.74) is 0.229. The molecular formula is C17H21FN2O2. The molecule has 0 amide bonds. The predicted octanol–water partition coefficient (Wildman–Crippen LogP) is 3.60. The van der Waals surface area contributed by atoms with Crippen molar-refractivity contribution >= 4 is 0 Å². The summed E-state index contributed by atoms with van der Waals surface area (Å²) in [7, 11) is 0. The number of benzene rings is 1. The van der Waals surface area contributed by atoms with Gasteiger partial charge in [-0.25, -0.2) is 4.39 Å². The van der Waals surface area contributed by atoms with Gasteiger partial charge in [0.25, 0.3) is 0 Å². The van der Waals surface area contributed by atoms with E-state index < -0.39 is 5.41 Å². The molecule has 1 aromatic carbocycles. The maximum absolute atomic E-state index is 13.7. The van der Waals surface area contributed by atoms with E-state index in [1.165, 1.54) is 6.07 Å². The Balaban J connectivity index is 2.08. The Labute approximate surface area is 129 Å². The Bertz CT molecular complexity index is 655. The zero-order valence-corrected chi connectivity index (χ0v) is 13.2. The highest BCUT2D eigenvalue weighted by atomic mass is 19.1. The minimum absolute atomic E-state index is 0.184. The first-order valence-corrected chi connectivity index (χ1v) is 7.60. The molecule has 0 spiro atoms. The van der Waals surface area contributed by atoms with Crippen molar-refractivity contribution in [3.63, 3.8) is 0 Å². The Morgan fingerprint density at radius 1 is 1.18 bits per heavy atom. The molecule has 0 unspecified atom stereocenters. The summed E-state index contributed by atoms with van der Waals surface area (Å²) >= 11 is 0. The molecule has 1 aliphatic heterocycles. The van der Waals surface area contributed by atoms with E-state index in [0.717, 1.165) is 5.56 Å². The van der Waals surface area contributed by atoms with E-state index in [-0.39, 0.29) is 11.2 Å². The van der Waals surface area contributed by atoms with Gasteiger partial charge in [0.05, 0.1) is 5.41 Å². The summed E-state index contributed by atoms with van der Waals surface area (Å²) in [5, 5.41) is 4.13. The standard InChI is InChI=1S/C17H21FN2O2/c1-16(2,3)14-19-15(22-20-14)17(7-9-21-10-8-17)12-5-4-6-13(18)11-12/h4-6,11H,7-10H2,1-3H3. The van der Waals surface area contributed by atoms with Crippen LogP contribution < -0.4 is 0 Å². The lowest BCUT2D eigenvalue weighted by molar-refractivity contribution is 0.0522. The first-order valence-electron chi connectivity index (χ1n) is 7.60. The maximum Gasteiger partial charge on any atom is 0.237 e. The number of nitrogens with zero attached hydrogens (tertiary/aromatic N) is 2. The quantitative estimate of drug-likeness (QED) is 0.850. The molecule has 1 fully saturated rings. The summed E-state index contributed by atoms with van der Waals surface area (Å²) < 4.78 is 24.8. The van der Waals surface area contributed by atoms with Gasteiger partial charge in [-0.15, -0.1) is 0 Å². The van der Waals surface area contributed by atoms with Crippen LogP contribution in [0.5, 0.6) is 0 Å². The van der Waals surface area contributed by atoms with E-state index >= 15 is 0 Å². The lowest BCUT2D eigenvalue weighted by atomic mass is 9.74. The van der Waals surface area contributed by atoms with Gasteiger partial charge in [-0.2, -0.15) is 4.98 Å². The third-order valence-corrected chi connectivity index (χ3v) is 4.23. The van der Waals surface area contributed by atoms with Gasteiger partial charge >= 0.3 is 0 Å². The summed E-state index contributed by atoms with van der Waals surface area (Å²) in [6.45, 7) is 7.33. The van der Waals surface area contributed by atoms with E-state index in [2.05, 4.69) is 10.1 Å². The van der Waals surface area contributed by atoms with Gasteiger partial charge in [0.1, 0.15) is 5.82 Å². The molecule has 4 nitrogen and oxygen atoms in total. The van der Waals surface area contributed by atoms with Gasteiger partial charge in [0.2, 0.25) is 5.89 Å². The van der Waals surface area contributed by atoms with Crippen LogP contribution in [0.3, 0.4) is 0 Å². The molecule has 118 valence electrons. The van der Waals surface area contributed by atoms with Crippen LogP contribution in [0.1, 0.15) is 50.9 Å². The first-order chi connectivity index (χ1) is 10.4. The number of ether oxygens (including phenoxy) is 1. The van der Waals surface area contributed by atoms with Crippen LogP contribution >= 0.6 is 0 Å². The van der Waals surface area contributed by atoms with Gasteiger partial charge in [-0.05, 0) is 30.5 Å². The predicted molar refractivity (Wildman–Crippen MR) is 80.2 cm³/mol. The molecule has 0 aliphatic carbocycles. The van der Waals surface area contributed by atoms with Gasteiger partial charge in [0, 0.05) is 18.6 Å². The number of aromatic nitrogens is 2. The molecule has 0 saturated carbocycles. The van der Waals surface area contributed by atoms with Crippen molar-refractivity contribution in [2.45, 2.75) is 44.4 Å². The average molecular weight is 304 g/mol. The summed E-state index contributed by atoms with van der Waals surface area (Å²) in [6.07, 6.45) is 1.42. The smallest absolute Gasteiger partial charge is 0.237 e. The van der Waals surface area contributed by atoms with Gasteiger partial charge in [-0.3, -0.25) is 0 Å². The minimum atomic E-state index is -0.461. The van der Waals surface area contributed by atoms with Crippen molar-refractivity contribution in [1.29, 1.82) is 0 Å². The Morgan fingerprint density at radius 2 is 1.91 bits per heavy atom. The Morgan fingerprint density at radius 3 is 2.50 bits per heavy atom. The molecule has 0 bridgehead atoms. The molecule has 0 N–H and O–H groups in total. The summed E-state index contributed by atoms with van der Waals surface area (Å²) in [4.78, 5) is 4.63. The van der Waals surface area contributed by atoms with Gasteiger partial charge in [0.15, 0.2) is 5.82 Å². The lowest BCUT2D eigenvalue weighted by Gasteiger charge is -2.34. The van der Waals surface area contributed by atoms with E-state index in [1.807, 2.05) is 26.8 Å². The van der Waals surface area contributed by atoms with Crippen molar-refractivity contribution < 1.29 is 13.7 Å². The number of hydrogen-bond donors (Lipinski definition) is 0. The zero-order chi connectivity index (χ0) is 15.8. The Hall–Kier alpha value is -1.75. The lowest BCUT2D eigenvalue weighted by Crippen LogP contribution is -2.35. The van der Waals surface area contributed by atoms with E-state index in [9.17, 15) is 4.39 Å². The van der Waals surface area contributed by atoms with E-state index in [4.69, 9.17) is 9.26 Å². The SMILES string of the molecule is CC(C)(C)c1noc(C2(c3cccc(F)c3)CCOCC2)n1. The second-order valence-electron chi connectivity index (χ2n) is 6.88. The van der Waals surface area contributed by atoms with Crippen LogP contribution in [0.2, 0.25) is 0 Å². The van der Waals surface area contributed by atoms with Crippen molar-refractivity contribution in [2.24, 2.45) is 0 Å². The van der Waals surface area contributed by atoms with Crippen molar-refractivity contribution in [2.75, 3.05) is 13.2 Å². The average Bonchev–Trinajstić information content (AvgIpc) is 2.98. The van der Waals surface area contributed by atoms with Crippen molar-refractivity contribution in [3.8, 4) is 0 Å². The summed E-state index contributed by atoms with van der Waals surface area (Å²) in [6, 6.07) is 6.66.